The second-order valence-electron chi connectivity index (χ2n) is 21.6. The molecular weight excluding hydrogens is 828 g/mol. The van der Waals surface area contributed by atoms with Crippen LogP contribution in [0.5, 0.6) is 11.5 Å². The molecule has 0 amide bonds. The molecule has 0 radical (unpaired) electrons. The van der Waals surface area contributed by atoms with Crippen LogP contribution in [0.4, 0.5) is 0 Å². The molecule has 3 aromatic rings. The van der Waals surface area contributed by atoms with Gasteiger partial charge in [-0.25, -0.2) is 0 Å². The number of piperidine rings is 2. The third-order valence-corrected chi connectivity index (χ3v) is 18.4. The van der Waals surface area contributed by atoms with Crippen molar-refractivity contribution in [1.82, 2.24) is 9.80 Å². The van der Waals surface area contributed by atoms with E-state index in [0.29, 0.717) is 23.6 Å². The van der Waals surface area contributed by atoms with Gasteiger partial charge in [0.05, 0.1) is 17.2 Å². The maximum atomic E-state index is 16.9. The molecule has 65 heavy (non-hydrogen) atoms. The highest BCUT2D eigenvalue weighted by atomic mass is 31.2. The number of rotatable bonds is 23. The number of unbranched alkanes of at least 4 members (excludes halogenated alkanes) is 12. The van der Waals surface area contributed by atoms with Gasteiger partial charge in [-0.1, -0.05) is 158 Å². The summed E-state index contributed by atoms with van der Waals surface area (Å²) in [6.07, 6.45) is 16.7. The highest BCUT2D eigenvalue weighted by Crippen LogP contribution is 2.70. The minimum Gasteiger partial charge on any atom is -0.426 e. The lowest BCUT2D eigenvalue weighted by Gasteiger charge is -2.66. The van der Waals surface area contributed by atoms with Crippen molar-refractivity contribution >= 4 is 19.3 Å². The van der Waals surface area contributed by atoms with Crippen molar-refractivity contribution in [3.63, 3.8) is 0 Å². The van der Waals surface area contributed by atoms with Crippen LogP contribution in [0.1, 0.15) is 178 Å². The first-order chi connectivity index (χ1) is 30.8. The summed E-state index contributed by atoms with van der Waals surface area (Å²) in [6, 6.07) is 27.7. The van der Waals surface area contributed by atoms with Gasteiger partial charge in [0.25, 0.3) is 0 Å². The van der Waals surface area contributed by atoms with E-state index in [4.69, 9.17) is 9.47 Å². The van der Waals surface area contributed by atoms with E-state index in [0.717, 1.165) is 45.1 Å². The molecule has 5 atom stereocenters. The zero-order valence-electron chi connectivity index (χ0n) is 42.0. The SMILES string of the molecule is CCCCCCCCCN1C(C)(C)CC(P(=O)(O)C2CC(C)(C)N(CCCCCCCCC)C(C)(C)C2(C(=O)Oc2ccccc2)c2ccccc2)C(C(=O)Oc2ccccc2)C1(C)C. The predicted molar refractivity (Wildman–Crippen MR) is 268 cm³/mol. The molecule has 9 heteroatoms. The van der Waals surface area contributed by atoms with Gasteiger partial charge in [-0.2, -0.15) is 0 Å². The first kappa shape index (κ1) is 52.7. The number of likely N-dealkylation sites (tertiary alicyclic amines) is 2. The fourth-order valence-electron chi connectivity index (χ4n) is 12.4. The first-order valence-electron chi connectivity index (χ1n) is 25.3. The van der Waals surface area contributed by atoms with Gasteiger partial charge in [-0.15, -0.1) is 0 Å². The van der Waals surface area contributed by atoms with Crippen molar-refractivity contribution in [2.45, 2.75) is 211 Å². The Morgan fingerprint density at radius 1 is 0.585 bits per heavy atom. The van der Waals surface area contributed by atoms with E-state index >= 15 is 14.2 Å². The number of carbonyl (C=O) groups is 2. The quantitative estimate of drug-likeness (QED) is 0.0435. The van der Waals surface area contributed by atoms with Crippen LogP contribution >= 0.6 is 7.37 Å². The fourth-order valence-corrected chi connectivity index (χ4v) is 16.3. The van der Waals surface area contributed by atoms with Gasteiger partial charge < -0.3 is 14.4 Å². The molecule has 2 fully saturated rings. The van der Waals surface area contributed by atoms with Gasteiger partial charge in [0.1, 0.15) is 16.9 Å². The Bertz CT molecular complexity index is 1980. The molecule has 5 rings (SSSR count). The monoisotopic (exact) mass is 913 g/mol. The summed E-state index contributed by atoms with van der Waals surface area (Å²) >= 11 is 0. The standard InChI is InChI=1S/C56H85N2O6P/c1-11-13-15-17-19-21-32-40-57-52(3,4)42-47(49(54(57,7)8)50(59)63-45-36-28-24-29-37-45)65(61,62)48-43-53(5,6)58(41-33-22-20-18-16-14-12-2)55(9,10)56(48,44-34-26-23-27-35-44)51(60)64-46-38-30-25-31-39-46/h23-31,34-39,47-49H,11-22,32-33,40-43H2,1-10H3,(H,61,62). The van der Waals surface area contributed by atoms with Crippen molar-refractivity contribution in [1.29, 1.82) is 0 Å². The molecule has 2 heterocycles. The fraction of sp³-hybridized carbons (Fsp3) is 0.643. The highest BCUT2D eigenvalue weighted by Gasteiger charge is 2.73. The minimum absolute atomic E-state index is 0.235. The zero-order chi connectivity index (χ0) is 47.5. The van der Waals surface area contributed by atoms with E-state index in [1.54, 1.807) is 24.3 Å². The Morgan fingerprint density at radius 3 is 1.49 bits per heavy atom. The average Bonchev–Trinajstić information content (AvgIpc) is 3.25. The number of hydrogen-bond acceptors (Lipinski definition) is 7. The molecule has 0 saturated carbocycles. The van der Waals surface area contributed by atoms with Crippen molar-refractivity contribution < 1.29 is 28.5 Å². The molecule has 2 aliphatic heterocycles. The Balaban J connectivity index is 1.67. The smallest absolute Gasteiger partial charge is 0.324 e. The van der Waals surface area contributed by atoms with Crippen molar-refractivity contribution in [2.75, 3.05) is 13.1 Å². The van der Waals surface area contributed by atoms with Crippen LogP contribution in [0.2, 0.25) is 0 Å². The van der Waals surface area contributed by atoms with Gasteiger partial charge >= 0.3 is 11.9 Å². The molecule has 360 valence electrons. The molecule has 0 aromatic heterocycles. The highest BCUT2D eigenvalue weighted by molar-refractivity contribution is 7.59. The second kappa shape index (κ2) is 22.7. The van der Waals surface area contributed by atoms with Crippen LogP contribution in [0.3, 0.4) is 0 Å². The van der Waals surface area contributed by atoms with E-state index in [2.05, 4.69) is 79.0 Å². The van der Waals surface area contributed by atoms with Gasteiger partial charge in [-0.05, 0) is 124 Å². The molecule has 8 nitrogen and oxygen atoms in total. The lowest BCUT2D eigenvalue weighted by molar-refractivity contribution is -0.158. The Labute approximate surface area is 394 Å². The van der Waals surface area contributed by atoms with Crippen LogP contribution in [-0.4, -0.2) is 73.2 Å². The maximum absolute atomic E-state index is 16.9. The van der Waals surface area contributed by atoms with E-state index in [1.165, 1.54) is 51.4 Å². The van der Waals surface area contributed by atoms with Crippen molar-refractivity contribution in [3.8, 4) is 11.5 Å². The van der Waals surface area contributed by atoms with Crippen LogP contribution < -0.4 is 9.47 Å². The number of carbonyl (C=O) groups excluding carboxylic acids is 2. The number of para-hydroxylation sites is 2. The summed E-state index contributed by atoms with van der Waals surface area (Å²) < 4.78 is 29.6. The predicted octanol–water partition coefficient (Wildman–Crippen LogP) is 13.8. The topological polar surface area (TPSA) is 96.4 Å². The molecule has 1 N–H and O–H groups in total. The van der Waals surface area contributed by atoms with E-state index in [-0.39, 0.29) is 12.8 Å². The number of ether oxygens (including phenoxy) is 2. The summed E-state index contributed by atoms with van der Waals surface area (Å²) in [5.74, 6) is -1.30. The van der Waals surface area contributed by atoms with Gasteiger partial charge in [0.2, 0.25) is 7.37 Å². The summed E-state index contributed by atoms with van der Waals surface area (Å²) in [5, 5.41) is 0. The first-order valence-corrected chi connectivity index (χ1v) is 27.1. The maximum Gasteiger partial charge on any atom is 0.324 e. The Kier molecular flexibility index (Phi) is 18.4. The van der Waals surface area contributed by atoms with E-state index < -0.39 is 64.1 Å². The summed E-state index contributed by atoms with van der Waals surface area (Å²) in [7, 11) is -4.63. The Hall–Kier alpha value is -3.29. The zero-order valence-corrected chi connectivity index (χ0v) is 42.8. The number of hydrogen-bond donors (Lipinski definition) is 1. The molecule has 0 spiro atoms. The number of nitrogens with zero attached hydrogens (tertiary/aromatic N) is 2. The van der Waals surface area contributed by atoms with Gasteiger partial charge in [-0.3, -0.25) is 24.0 Å². The van der Waals surface area contributed by atoms with E-state index in [1.807, 2.05) is 66.7 Å². The summed E-state index contributed by atoms with van der Waals surface area (Å²) in [6.45, 7) is 22.9. The van der Waals surface area contributed by atoms with Crippen molar-refractivity contribution in [3.05, 3.63) is 96.6 Å². The molecule has 2 aliphatic rings. The minimum atomic E-state index is -4.63. The molecule has 0 bridgehead atoms. The van der Waals surface area contributed by atoms with Crippen LogP contribution in [0, 0.1) is 5.92 Å². The van der Waals surface area contributed by atoms with Crippen LogP contribution in [-0.2, 0) is 19.6 Å². The molecule has 2 saturated heterocycles. The largest absolute Gasteiger partial charge is 0.426 e. The lowest BCUT2D eigenvalue weighted by atomic mass is 9.57. The third kappa shape index (κ3) is 11.7. The van der Waals surface area contributed by atoms with E-state index in [9.17, 15) is 4.89 Å². The summed E-state index contributed by atoms with van der Waals surface area (Å²) in [5.41, 5.74) is -6.25. The molecule has 3 aromatic carbocycles. The van der Waals surface area contributed by atoms with Crippen LogP contribution in [0.15, 0.2) is 91.0 Å². The molecular formula is C56H85N2O6P. The number of esters is 2. The molecule has 5 unspecified atom stereocenters. The summed E-state index contributed by atoms with van der Waals surface area (Å²) in [4.78, 5) is 49.6. The van der Waals surface area contributed by atoms with Gasteiger partial charge in [0, 0.05) is 22.2 Å². The third-order valence-electron chi connectivity index (χ3n) is 15.5. The number of benzene rings is 3. The average molecular weight is 913 g/mol. The molecule has 0 aliphatic carbocycles. The van der Waals surface area contributed by atoms with Gasteiger partial charge in [0.15, 0.2) is 0 Å². The lowest BCUT2D eigenvalue weighted by Crippen LogP contribution is -2.77. The van der Waals surface area contributed by atoms with Crippen molar-refractivity contribution in [2.24, 2.45) is 5.92 Å². The normalized spacial score (nSPS) is 24.8. The van der Waals surface area contributed by atoms with Crippen LogP contribution in [0.25, 0.3) is 0 Å². The Morgan fingerprint density at radius 2 is 1.00 bits per heavy atom. The second-order valence-corrected chi connectivity index (χ2v) is 24.3.